The van der Waals surface area contributed by atoms with Crippen molar-refractivity contribution in [3.05, 3.63) is 40.9 Å². The van der Waals surface area contributed by atoms with Crippen LogP contribution in [0.15, 0.2) is 35.4 Å². The second kappa shape index (κ2) is 5.65. The third-order valence-electron chi connectivity index (χ3n) is 3.24. The first-order valence-electron chi connectivity index (χ1n) is 6.84. The molecular formula is C15H15N3O2S. The Morgan fingerprint density at radius 2 is 2.19 bits per heavy atom. The Kier molecular flexibility index (Phi) is 3.70. The van der Waals surface area contributed by atoms with E-state index < -0.39 is 0 Å². The van der Waals surface area contributed by atoms with E-state index >= 15 is 0 Å². The lowest BCUT2D eigenvalue weighted by molar-refractivity contribution is -0.121. The fourth-order valence-electron chi connectivity index (χ4n) is 2.20. The van der Waals surface area contributed by atoms with E-state index in [9.17, 15) is 9.59 Å². The quantitative estimate of drug-likeness (QED) is 0.803. The summed E-state index contributed by atoms with van der Waals surface area (Å²) >= 11 is 1.42. The Bertz CT molecular complexity index is 866. The molecule has 1 N–H and O–H groups in total. The number of carbonyl (C=O) groups is 1. The van der Waals surface area contributed by atoms with Gasteiger partial charge in [0.05, 0.1) is 11.8 Å². The highest BCUT2D eigenvalue weighted by Crippen LogP contribution is 2.29. The monoisotopic (exact) mass is 301 g/mol. The summed E-state index contributed by atoms with van der Waals surface area (Å²) in [5, 5.41) is 3.74. The average molecular weight is 301 g/mol. The van der Waals surface area contributed by atoms with Gasteiger partial charge < -0.3 is 5.32 Å². The van der Waals surface area contributed by atoms with Gasteiger partial charge in [0.25, 0.3) is 5.56 Å². The van der Waals surface area contributed by atoms with Crippen LogP contribution in [-0.4, -0.2) is 22.0 Å². The van der Waals surface area contributed by atoms with E-state index in [1.807, 2.05) is 31.2 Å². The molecular weight excluding hydrogens is 286 g/mol. The van der Waals surface area contributed by atoms with Gasteiger partial charge >= 0.3 is 0 Å². The molecule has 0 saturated carbocycles. The minimum Gasteiger partial charge on any atom is -0.355 e. The van der Waals surface area contributed by atoms with Crippen molar-refractivity contribution < 1.29 is 4.79 Å². The molecule has 21 heavy (non-hydrogen) atoms. The van der Waals surface area contributed by atoms with Crippen molar-refractivity contribution in [2.75, 3.05) is 6.54 Å². The van der Waals surface area contributed by atoms with E-state index in [4.69, 9.17) is 0 Å². The Hall–Kier alpha value is -2.21. The molecule has 0 unspecified atom stereocenters. The lowest BCUT2D eigenvalue weighted by atomic mass is 10.2. The van der Waals surface area contributed by atoms with Crippen LogP contribution in [0.5, 0.6) is 0 Å². The number of nitrogens with one attached hydrogen (secondary N) is 1. The van der Waals surface area contributed by atoms with Gasteiger partial charge in [-0.15, -0.1) is 11.3 Å². The molecule has 0 spiro atoms. The van der Waals surface area contributed by atoms with Gasteiger partial charge in [0.1, 0.15) is 11.2 Å². The van der Waals surface area contributed by atoms with Crippen LogP contribution in [0, 0.1) is 0 Å². The van der Waals surface area contributed by atoms with Crippen LogP contribution in [0.1, 0.15) is 13.3 Å². The van der Waals surface area contributed by atoms with Crippen LogP contribution < -0.4 is 10.9 Å². The maximum Gasteiger partial charge on any atom is 0.271 e. The van der Waals surface area contributed by atoms with Crippen LogP contribution in [0.2, 0.25) is 0 Å². The van der Waals surface area contributed by atoms with E-state index in [1.54, 1.807) is 0 Å². The first kappa shape index (κ1) is 13.8. The molecule has 0 bridgehead atoms. The zero-order valence-electron chi connectivity index (χ0n) is 11.6. The summed E-state index contributed by atoms with van der Waals surface area (Å²) in [6.45, 7) is 2.61. The van der Waals surface area contributed by atoms with Gasteiger partial charge in [-0.25, -0.2) is 4.98 Å². The molecule has 108 valence electrons. The highest BCUT2D eigenvalue weighted by Gasteiger charge is 2.12. The summed E-state index contributed by atoms with van der Waals surface area (Å²) in [5.41, 5.74) is 0.554. The maximum atomic E-state index is 12.5. The molecule has 2 aromatic heterocycles. The zero-order valence-corrected chi connectivity index (χ0v) is 12.4. The van der Waals surface area contributed by atoms with Crippen molar-refractivity contribution in [3.8, 4) is 0 Å². The minimum atomic E-state index is -0.166. The summed E-state index contributed by atoms with van der Waals surface area (Å²) < 4.78 is 3.00. The molecule has 0 aliphatic heterocycles. The zero-order chi connectivity index (χ0) is 14.8. The van der Waals surface area contributed by atoms with E-state index in [0.29, 0.717) is 16.8 Å². The maximum absolute atomic E-state index is 12.5. The number of benzene rings is 1. The molecule has 0 atom stereocenters. The molecule has 0 radical (unpaired) electrons. The standard InChI is InChI=1S/C15H15N3O2S/c1-2-7-16-12(19)8-18-9-17-13-10-5-3-4-6-11(10)21-14(13)15(18)20/h3-6,9H,2,7-8H2,1H3,(H,16,19). The smallest absolute Gasteiger partial charge is 0.271 e. The predicted molar refractivity (Wildman–Crippen MR) is 84.7 cm³/mol. The molecule has 2 heterocycles. The third kappa shape index (κ3) is 2.54. The molecule has 0 saturated heterocycles. The number of rotatable bonds is 4. The second-order valence-electron chi connectivity index (χ2n) is 4.80. The van der Waals surface area contributed by atoms with Crippen LogP contribution in [-0.2, 0) is 11.3 Å². The van der Waals surface area contributed by atoms with Crippen LogP contribution >= 0.6 is 11.3 Å². The van der Waals surface area contributed by atoms with Gasteiger partial charge in [-0.05, 0) is 12.5 Å². The number of hydrogen-bond acceptors (Lipinski definition) is 4. The topological polar surface area (TPSA) is 64.0 Å². The van der Waals surface area contributed by atoms with Crippen molar-refractivity contribution in [2.24, 2.45) is 0 Å². The van der Waals surface area contributed by atoms with Crippen molar-refractivity contribution in [3.63, 3.8) is 0 Å². The SMILES string of the molecule is CCCNC(=O)Cn1cnc2c(sc3ccccc32)c1=O. The first-order valence-corrected chi connectivity index (χ1v) is 7.65. The molecule has 1 aromatic carbocycles. The summed E-state index contributed by atoms with van der Waals surface area (Å²) in [5.74, 6) is -0.166. The van der Waals surface area contributed by atoms with E-state index in [0.717, 1.165) is 16.5 Å². The summed E-state index contributed by atoms with van der Waals surface area (Å²) in [4.78, 5) is 28.6. The fraction of sp³-hybridized carbons (Fsp3) is 0.267. The molecule has 0 aliphatic rings. The van der Waals surface area contributed by atoms with Gasteiger partial charge in [-0.2, -0.15) is 0 Å². The van der Waals surface area contributed by atoms with E-state index in [1.165, 1.54) is 22.2 Å². The number of hydrogen-bond donors (Lipinski definition) is 1. The lowest BCUT2D eigenvalue weighted by Gasteiger charge is -2.05. The Morgan fingerprint density at radius 3 is 3.00 bits per heavy atom. The van der Waals surface area contributed by atoms with E-state index in [-0.39, 0.29) is 18.0 Å². The number of aromatic nitrogens is 2. The highest BCUT2D eigenvalue weighted by atomic mass is 32.1. The molecule has 0 fully saturated rings. The second-order valence-corrected chi connectivity index (χ2v) is 5.86. The molecule has 5 nitrogen and oxygen atoms in total. The van der Waals surface area contributed by atoms with E-state index in [2.05, 4.69) is 10.3 Å². The summed E-state index contributed by atoms with van der Waals surface area (Å²) in [6.07, 6.45) is 2.32. The normalized spacial score (nSPS) is 11.1. The van der Waals surface area contributed by atoms with Crippen molar-refractivity contribution in [1.82, 2.24) is 14.9 Å². The average Bonchev–Trinajstić information content (AvgIpc) is 2.87. The first-order chi connectivity index (χ1) is 10.2. The Labute approximate surface area is 125 Å². The fourth-order valence-corrected chi connectivity index (χ4v) is 3.31. The van der Waals surface area contributed by atoms with Gasteiger partial charge in [-0.3, -0.25) is 14.2 Å². The molecule has 0 aliphatic carbocycles. The van der Waals surface area contributed by atoms with Crippen molar-refractivity contribution >= 4 is 37.5 Å². The number of thiophene rings is 1. The Morgan fingerprint density at radius 1 is 1.38 bits per heavy atom. The highest BCUT2D eigenvalue weighted by molar-refractivity contribution is 7.25. The van der Waals surface area contributed by atoms with Crippen molar-refractivity contribution in [1.29, 1.82) is 0 Å². The van der Waals surface area contributed by atoms with Crippen LogP contribution in [0.3, 0.4) is 0 Å². The number of carbonyl (C=O) groups excluding carboxylic acids is 1. The molecule has 1 amide bonds. The van der Waals surface area contributed by atoms with Gasteiger partial charge in [0.15, 0.2) is 0 Å². The van der Waals surface area contributed by atoms with Gasteiger partial charge in [0, 0.05) is 16.6 Å². The largest absolute Gasteiger partial charge is 0.355 e. The van der Waals surface area contributed by atoms with Gasteiger partial charge in [0.2, 0.25) is 5.91 Å². The number of fused-ring (bicyclic) bond motifs is 3. The molecule has 3 rings (SSSR count). The van der Waals surface area contributed by atoms with Crippen LogP contribution in [0.25, 0.3) is 20.3 Å². The summed E-state index contributed by atoms with van der Waals surface area (Å²) in [6, 6.07) is 7.80. The van der Waals surface area contributed by atoms with Gasteiger partial charge in [-0.1, -0.05) is 25.1 Å². The Balaban J connectivity index is 2.02. The molecule has 6 heteroatoms. The number of nitrogens with zero attached hydrogens (tertiary/aromatic N) is 2. The molecule has 3 aromatic rings. The predicted octanol–water partition coefficient (Wildman–Crippen LogP) is 2.14. The van der Waals surface area contributed by atoms with Crippen LogP contribution in [0.4, 0.5) is 0 Å². The summed E-state index contributed by atoms with van der Waals surface area (Å²) in [7, 11) is 0. The lowest BCUT2D eigenvalue weighted by Crippen LogP contribution is -2.32. The van der Waals surface area contributed by atoms with Crippen molar-refractivity contribution in [2.45, 2.75) is 19.9 Å². The minimum absolute atomic E-state index is 0.00994. The number of amides is 1. The third-order valence-corrected chi connectivity index (χ3v) is 4.38.